The van der Waals surface area contributed by atoms with Gasteiger partial charge in [-0.3, -0.25) is 9.59 Å². The van der Waals surface area contributed by atoms with Gasteiger partial charge >= 0.3 is 0 Å². The summed E-state index contributed by atoms with van der Waals surface area (Å²) in [6, 6.07) is 14.0. The van der Waals surface area contributed by atoms with Crippen LogP contribution in [-0.2, 0) is 4.79 Å². The van der Waals surface area contributed by atoms with Gasteiger partial charge in [0.05, 0.1) is 10.6 Å². The highest BCUT2D eigenvalue weighted by molar-refractivity contribution is 6.32. The van der Waals surface area contributed by atoms with Gasteiger partial charge in [0.15, 0.2) is 0 Å². The van der Waals surface area contributed by atoms with Gasteiger partial charge in [-0.05, 0) is 54.8 Å². The van der Waals surface area contributed by atoms with Crippen molar-refractivity contribution in [3.05, 3.63) is 70.3 Å². The highest BCUT2D eigenvalue weighted by Crippen LogP contribution is 2.21. The van der Waals surface area contributed by atoms with Crippen molar-refractivity contribution < 1.29 is 9.59 Å². The standard InChI is InChI=1S/C20H16ClN3O2/c21-18-11-17(7-6-15(18)12-22)23-19(25)10-3-13-1-4-14(5-2-13)20(26)24-16-8-9-16/h1-7,10-11,16H,8-9H2,(H,23,25)(H,24,26)/b10-3+. The van der Waals surface area contributed by atoms with E-state index in [9.17, 15) is 9.59 Å². The third-order valence-electron chi connectivity index (χ3n) is 3.87. The molecule has 3 rings (SSSR count). The van der Waals surface area contributed by atoms with Gasteiger partial charge in [-0.1, -0.05) is 23.7 Å². The lowest BCUT2D eigenvalue weighted by atomic mass is 10.1. The number of hydrogen-bond donors (Lipinski definition) is 2. The van der Waals surface area contributed by atoms with Gasteiger partial charge in [0.1, 0.15) is 6.07 Å². The first-order chi connectivity index (χ1) is 12.5. The molecule has 2 aromatic carbocycles. The molecule has 0 radical (unpaired) electrons. The largest absolute Gasteiger partial charge is 0.349 e. The van der Waals surface area contributed by atoms with Crippen molar-refractivity contribution in [3.63, 3.8) is 0 Å². The van der Waals surface area contributed by atoms with E-state index in [1.54, 1.807) is 42.5 Å². The molecule has 1 saturated carbocycles. The van der Waals surface area contributed by atoms with E-state index < -0.39 is 0 Å². The van der Waals surface area contributed by atoms with Gasteiger partial charge in [0, 0.05) is 23.4 Å². The van der Waals surface area contributed by atoms with Crippen molar-refractivity contribution in [3.8, 4) is 6.07 Å². The summed E-state index contributed by atoms with van der Waals surface area (Å²) in [6.07, 6.45) is 5.15. The summed E-state index contributed by atoms with van der Waals surface area (Å²) < 4.78 is 0. The Hall–Kier alpha value is -3.10. The first kappa shape index (κ1) is 17.7. The molecule has 0 heterocycles. The molecular weight excluding hydrogens is 350 g/mol. The second kappa shape index (κ2) is 7.85. The van der Waals surface area contributed by atoms with Crippen LogP contribution in [-0.4, -0.2) is 17.9 Å². The van der Waals surface area contributed by atoms with Crippen molar-refractivity contribution in [2.24, 2.45) is 0 Å². The fraction of sp³-hybridized carbons (Fsp3) is 0.150. The highest BCUT2D eigenvalue weighted by Gasteiger charge is 2.23. The Kier molecular flexibility index (Phi) is 5.35. The first-order valence-electron chi connectivity index (χ1n) is 8.15. The summed E-state index contributed by atoms with van der Waals surface area (Å²) in [5.41, 5.74) is 2.27. The topological polar surface area (TPSA) is 82.0 Å². The maximum absolute atomic E-state index is 12.0. The Bertz CT molecular complexity index is 910. The maximum Gasteiger partial charge on any atom is 0.251 e. The molecule has 5 nitrogen and oxygen atoms in total. The monoisotopic (exact) mass is 365 g/mol. The molecule has 1 fully saturated rings. The predicted octanol–water partition coefficient (Wildman–Crippen LogP) is 3.76. The first-order valence-corrected chi connectivity index (χ1v) is 8.52. The molecule has 0 saturated heterocycles. The molecule has 2 aromatic rings. The number of hydrogen-bond acceptors (Lipinski definition) is 3. The minimum absolute atomic E-state index is 0.0709. The zero-order valence-electron chi connectivity index (χ0n) is 13.8. The average Bonchev–Trinajstić information content (AvgIpc) is 3.44. The molecule has 2 N–H and O–H groups in total. The quantitative estimate of drug-likeness (QED) is 0.791. The van der Waals surface area contributed by atoms with Crippen LogP contribution in [0.4, 0.5) is 5.69 Å². The SMILES string of the molecule is N#Cc1ccc(NC(=O)/C=C/c2ccc(C(=O)NC3CC3)cc2)cc1Cl. The number of anilines is 1. The molecule has 130 valence electrons. The van der Waals surface area contributed by atoms with E-state index in [0.717, 1.165) is 18.4 Å². The van der Waals surface area contributed by atoms with Gasteiger partial charge in [0.25, 0.3) is 5.91 Å². The van der Waals surface area contributed by atoms with Crippen molar-refractivity contribution in [2.75, 3.05) is 5.32 Å². The molecule has 26 heavy (non-hydrogen) atoms. The van der Waals surface area contributed by atoms with E-state index in [2.05, 4.69) is 10.6 Å². The lowest BCUT2D eigenvalue weighted by molar-refractivity contribution is -0.111. The summed E-state index contributed by atoms with van der Waals surface area (Å²) >= 11 is 5.94. The third kappa shape index (κ3) is 4.71. The van der Waals surface area contributed by atoms with Crippen LogP contribution in [0.3, 0.4) is 0 Å². The summed E-state index contributed by atoms with van der Waals surface area (Å²) in [5.74, 6) is -0.389. The van der Waals surface area contributed by atoms with Crippen LogP contribution in [0.15, 0.2) is 48.5 Å². The minimum Gasteiger partial charge on any atom is -0.349 e. The van der Waals surface area contributed by atoms with Crippen molar-refractivity contribution >= 4 is 35.2 Å². The number of benzene rings is 2. The Morgan fingerprint density at radius 2 is 1.88 bits per heavy atom. The van der Waals surface area contributed by atoms with Gasteiger partial charge in [-0.25, -0.2) is 0 Å². The highest BCUT2D eigenvalue weighted by atomic mass is 35.5. The molecule has 0 unspecified atom stereocenters. The molecule has 0 spiro atoms. The van der Waals surface area contributed by atoms with E-state index in [-0.39, 0.29) is 16.8 Å². The molecule has 1 aliphatic rings. The van der Waals surface area contributed by atoms with E-state index in [1.165, 1.54) is 12.1 Å². The number of rotatable bonds is 5. The third-order valence-corrected chi connectivity index (χ3v) is 4.18. The van der Waals surface area contributed by atoms with E-state index in [0.29, 0.717) is 22.9 Å². The molecule has 1 aliphatic carbocycles. The second-order valence-electron chi connectivity index (χ2n) is 6.00. The van der Waals surface area contributed by atoms with E-state index in [1.807, 2.05) is 6.07 Å². The zero-order chi connectivity index (χ0) is 18.5. The van der Waals surface area contributed by atoms with Crippen LogP contribution in [0.25, 0.3) is 6.08 Å². The number of amides is 2. The number of nitriles is 1. The second-order valence-corrected chi connectivity index (χ2v) is 6.41. The Balaban J connectivity index is 1.58. The fourth-order valence-corrected chi connectivity index (χ4v) is 2.50. The normalized spacial score (nSPS) is 13.2. The van der Waals surface area contributed by atoms with E-state index >= 15 is 0 Å². The van der Waals surface area contributed by atoms with E-state index in [4.69, 9.17) is 16.9 Å². The van der Waals surface area contributed by atoms with Crippen LogP contribution in [0.1, 0.15) is 34.3 Å². The van der Waals surface area contributed by atoms with Gasteiger partial charge in [-0.2, -0.15) is 5.26 Å². The van der Waals surface area contributed by atoms with Crippen LogP contribution in [0.5, 0.6) is 0 Å². The van der Waals surface area contributed by atoms with Crippen molar-refractivity contribution in [2.45, 2.75) is 18.9 Å². The molecular formula is C20H16ClN3O2. The summed E-state index contributed by atoms with van der Waals surface area (Å²) in [5, 5.41) is 14.7. The molecule has 0 aliphatic heterocycles. The van der Waals surface area contributed by atoms with Gasteiger partial charge in [0.2, 0.25) is 5.91 Å². The van der Waals surface area contributed by atoms with Crippen LogP contribution < -0.4 is 10.6 Å². The maximum atomic E-state index is 12.0. The molecule has 6 heteroatoms. The smallest absolute Gasteiger partial charge is 0.251 e. The Labute approximate surface area is 156 Å². The van der Waals surface area contributed by atoms with Crippen LogP contribution >= 0.6 is 11.6 Å². The summed E-state index contributed by atoms with van der Waals surface area (Å²) in [6.45, 7) is 0. The lowest BCUT2D eigenvalue weighted by Gasteiger charge is -2.04. The van der Waals surface area contributed by atoms with Crippen molar-refractivity contribution in [1.82, 2.24) is 5.32 Å². The number of nitrogens with zero attached hydrogens (tertiary/aromatic N) is 1. The number of carbonyl (C=O) groups is 2. The fourth-order valence-electron chi connectivity index (χ4n) is 2.28. The average molecular weight is 366 g/mol. The predicted molar refractivity (Wildman–Crippen MR) is 101 cm³/mol. The molecule has 0 aromatic heterocycles. The summed E-state index contributed by atoms with van der Waals surface area (Å²) in [7, 11) is 0. The summed E-state index contributed by atoms with van der Waals surface area (Å²) in [4.78, 5) is 23.9. The minimum atomic E-state index is -0.318. The zero-order valence-corrected chi connectivity index (χ0v) is 14.6. The number of nitrogens with one attached hydrogen (secondary N) is 2. The molecule has 0 bridgehead atoms. The number of carbonyl (C=O) groups excluding carboxylic acids is 2. The lowest BCUT2D eigenvalue weighted by Crippen LogP contribution is -2.25. The van der Waals surface area contributed by atoms with Crippen LogP contribution in [0, 0.1) is 11.3 Å². The number of halogens is 1. The Morgan fingerprint density at radius 3 is 2.50 bits per heavy atom. The van der Waals surface area contributed by atoms with Gasteiger partial charge in [-0.15, -0.1) is 0 Å². The van der Waals surface area contributed by atoms with Crippen molar-refractivity contribution in [1.29, 1.82) is 5.26 Å². The molecule has 2 amide bonds. The Morgan fingerprint density at radius 1 is 1.15 bits per heavy atom. The molecule has 0 atom stereocenters. The van der Waals surface area contributed by atoms with Gasteiger partial charge < -0.3 is 10.6 Å². The van der Waals surface area contributed by atoms with Crippen LogP contribution in [0.2, 0.25) is 5.02 Å².